The summed E-state index contributed by atoms with van der Waals surface area (Å²) in [6.45, 7) is 0.0684. The second kappa shape index (κ2) is 6.51. The molecule has 2 heterocycles. The van der Waals surface area contributed by atoms with Crippen molar-refractivity contribution in [2.75, 3.05) is 0 Å². The van der Waals surface area contributed by atoms with Crippen molar-refractivity contribution in [2.45, 2.75) is 6.54 Å². The number of carboxylic acid groups (broad SMARTS) is 1. The van der Waals surface area contributed by atoms with E-state index in [2.05, 4.69) is 15.3 Å². The predicted molar refractivity (Wildman–Crippen MR) is 76.6 cm³/mol. The summed E-state index contributed by atoms with van der Waals surface area (Å²) in [5.74, 6) is -1.51. The van der Waals surface area contributed by atoms with Crippen LogP contribution < -0.4 is 5.32 Å². The van der Waals surface area contributed by atoms with Gasteiger partial charge in [-0.15, -0.1) is 0 Å². The van der Waals surface area contributed by atoms with Gasteiger partial charge in [0.1, 0.15) is 10.3 Å². The molecule has 2 aromatic rings. The summed E-state index contributed by atoms with van der Waals surface area (Å²) in [5.41, 5.74) is 0.692. The minimum Gasteiger partial charge on any atom is -0.478 e. The molecule has 1 amide bonds. The summed E-state index contributed by atoms with van der Waals surface area (Å²) < 4.78 is 0. The Morgan fingerprint density at radius 3 is 2.67 bits per heavy atom. The lowest BCUT2D eigenvalue weighted by molar-refractivity contribution is 0.0696. The zero-order valence-corrected chi connectivity index (χ0v) is 12.0. The summed E-state index contributed by atoms with van der Waals surface area (Å²) in [6, 6.07) is 5.65. The first-order valence-electron chi connectivity index (χ1n) is 5.76. The molecule has 0 aliphatic rings. The fourth-order valence-electron chi connectivity index (χ4n) is 1.56. The molecule has 2 N–H and O–H groups in total. The van der Waals surface area contributed by atoms with E-state index in [0.717, 1.165) is 0 Å². The van der Waals surface area contributed by atoms with Gasteiger partial charge in [0, 0.05) is 6.20 Å². The standard InChI is InChI=1S/C13H9Cl2N3O3/c14-10-2-1-9(11(15)18-10)12(19)17-6-8-5-7(13(20)21)3-4-16-8/h1-5H,6H2,(H,17,19)(H,20,21). The van der Waals surface area contributed by atoms with Gasteiger partial charge in [-0.2, -0.15) is 0 Å². The number of carbonyl (C=O) groups excluding carboxylic acids is 1. The van der Waals surface area contributed by atoms with Crippen LogP contribution in [0, 0.1) is 0 Å². The second-order valence-corrected chi connectivity index (χ2v) is 4.74. The Kier molecular flexibility index (Phi) is 4.72. The Hall–Kier alpha value is -2.18. The number of carbonyl (C=O) groups is 2. The molecule has 0 aliphatic carbocycles. The molecule has 6 nitrogen and oxygen atoms in total. The van der Waals surface area contributed by atoms with Crippen LogP contribution in [0.4, 0.5) is 0 Å². The molecule has 0 radical (unpaired) electrons. The van der Waals surface area contributed by atoms with Crippen molar-refractivity contribution in [3.05, 3.63) is 57.6 Å². The predicted octanol–water partition coefficient (Wildman–Crippen LogP) is 2.41. The van der Waals surface area contributed by atoms with Gasteiger partial charge in [-0.1, -0.05) is 23.2 Å². The topological polar surface area (TPSA) is 92.2 Å². The van der Waals surface area contributed by atoms with Crippen LogP contribution in [0.5, 0.6) is 0 Å². The van der Waals surface area contributed by atoms with Gasteiger partial charge in [0.2, 0.25) is 0 Å². The summed E-state index contributed by atoms with van der Waals surface area (Å²) >= 11 is 11.5. The van der Waals surface area contributed by atoms with E-state index in [0.29, 0.717) is 5.69 Å². The summed E-state index contributed by atoms with van der Waals surface area (Å²) in [4.78, 5) is 30.5. The Morgan fingerprint density at radius 1 is 1.24 bits per heavy atom. The first kappa shape index (κ1) is 15.2. The molecule has 0 bridgehead atoms. The van der Waals surface area contributed by atoms with Gasteiger partial charge >= 0.3 is 5.97 Å². The highest BCUT2D eigenvalue weighted by atomic mass is 35.5. The normalized spacial score (nSPS) is 10.2. The maximum atomic E-state index is 11.9. The minimum atomic E-state index is -1.06. The van der Waals surface area contributed by atoms with Crippen LogP contribution in [0.1, 0.15) is 26.4 Å². The van der Waals surface area contributed by atoms with Gasteiger partial charge in [-0.25, -0.2) is 9.78 Å². The number of halogens is 2. The van der Waals surface area contributed by atoms with Crippen molar-refractivity contribution in [3.63, 3.8) is 0 Å². The summed E-state index contributed by atoms with van der Waals surface area (Å²) in [7, 11) is 0. The monoisotopic (exact) mass is 325 g/mol. The largest absolute Gasteiger partial charge is 0.478 e. The quantitative estimate of drug-likeness (QED) is 0.842. The third kappa shape index (κ3) is 3.90. The number of pyridine rings is 2. The smallest absolute Gasteiger partial charge is 0.335 e. The van der Waals surface area contributed by atoms with E-state index in [1.165, 1.54) is 30.5 Å². The molecular formula is C13H9Cl2N3O3. The minimum absolute atomic E-state index is 0.00718. The second-order valence-electron chi connectivity index (χ2n) is 4.00. The maximum absolute atomic E-state index is 11.9. The fourth-order valence-corrected chi connectivity index (χ4v) is 1.99. The van der Waals surface area contributed by atoms with Gasteiger partial charge in [0.15, 0.2) is 0 Å². The Morgan fingerprint density at radius 2 is 2.00 bits per heavy atom. The molecule has 0 unspecified atom stereocenters. The number of nitrogens with zero attached hydrogens (tertiary/aromatic N) is 2. The Bertz CT molecular complexity index is 707. The number of hydrogen-bond acceptors (Lipinski definition) is 4. The highest BCUT2D eigenvalue weighted by Gasteiger charge is 2.12. The van der Waals surface area contributed by atoms with Gasteiger partial charge in [-0.3, -0.25) is 9.78 Å². The average molecular weight is 326 g/mol. The SMILES string of the molecule is O=C(O)c1ccnc(CNC(=O)c2ccc(Cl)nc2Cl)c1. The number of hydrogen-bond donors (Lipinski definition) is 2. The number of carboxylic acids is 1. The van der Waals surface area contributed by atoms with Gasteiger partial charge in [0.05, 0.1) is 23.4 Å². The van der Waals surface area contributed by atoms with Crippen molar-refractivity contribution < 1.29 is 14.7 Å². The third-order valence-corrected chi connectivity index (χ3v) is 3.05. The molecule has 21 heavy (non-hydrogen) atoms. The lowest BCUT2D eigenvalue weighted by Crippen LogP contribution is -2.24. The van der Waals surface area contributed by atoms with E-state index in [1.54, 1.807) is 0 Å². The summed E-state index contributed by atoms with van der Waals surface area (Å²) in [5, 5.41) is 11.6. The third-order valence-electron chi connectivity index (χ3n) is 2.55. The maximum Gasteiger partial charge on any atom is 0.335 e. The zero-order valence-electron chi connectivity index (χ0n) is 10.5. The Balaban J connectivity index is 2.07. The van der Waals surface area contributed by atoms with E-state index in [1.807, 2.05) is 0 Å². The van der Waals surface area contributed by atoms with E-state index >= 15 is 0 Å². The number of aromatic nitrogens is 2. The van der Waals surface area contributed by atoms with Crippen LogP contribution in [0.2, 0.25) is 10.3 Å². The van der Waals surface area contributed by atoms with E-state index < -0.39 is 11.9 Å². The number of nitrogens with one attached hydrogen (secondary N) is 1. The van der Waals surface area contributed by atoms with E-state index in [-0.39, 0.29) is 28.0 Å². The number of amides is 1. The summed E-state index contributed by atoms with van der Waals surface area (Å²) in [6.07, 6.45) is 1.36. The molecule has 0 atom stereocenters. The van der Waals surface area contributed by atoms with E-state index in [4.69, 9.17) is 28.3 Å². The molecule has 0 spiro atoms. The lowest BCUT2D eigenvalue weighted by atomic mass is 10.2. The van der Waals surface area contributed by atoms with Crippen LogP contribution in [0.25, 0.3) is 0 Å². The first-order chi connectivity index (χ1) is 9.97. The van der Waals surface area contributed by atoms with Crippen molar-refractivity contribution in [3.8, 4) is 0 Å². The van der Waals surface area contributed by atoms with Crippen molar-refractivity contribution in [2.24, 2.45) is 0 Å². The van der Waals surface area contributed by atoms with Gasteiger partial charge in [0.25, 0.3) is 5.91 Å². The molecule has 0 fully saturated rings. The van der Waals surface area contributed by atoms with Crippen LogP contribution in [0.15, 0.2) is 30.5 Å². The molecule has 108 valence electrons. The highest BCUT2D eigenvalue weighted by Crippen LogP contribution is 2.16. The highest BCUT2D eigenvalue weighted by molar-refractivity contribution is 6.34. The van der Waals surface area contributed by atoms with Crippen LogP contribution >= 0.6 is 23.2 Å². The molecule has 0 saturated heterocycles. The molecular weight excluding hydrogens is 317 g/mol. The number of rotatable bonds is 4. The number of aromatic carboxylic acids is 1. The van der Waals surface area contributed by atoms with E-state index in [9.17, 15) is 9.59 Å². The van der Waals surface area contributed by atoms with Crippen molar-refractivity contribution in [1.29, 1.82) is 0 Å². The molecule has 0 aliphatic heterocycles. The Labute approximate surface area is 129 Å². The van der Waals surface area contributed by atoms with Crippen LogP contribution in [-0.2, 0) is 6.54 Å². The molecule has 8 heteroatoms. The fraction of sp³-hybridized carbons (Fsp3) is 0.0769. The molecule has 0 saturated carbocycles. The average Bonchev–Trinajstić information content (AvgIpc) is 2.45. The van der Waals surface area contributed by atoms with Gasteiger partial charge in [-0.05, 0) is 24.3 Å². The van der Waals surface area contributed by atoms with Crippen molar-refractivity contribution >= 4 is 35.1 Å². The molecule has 2 aromatic heterocycles. The molecule has 0 aromatic carbocycles. The molecule has 2 rings (SSSR count). The first-order valence-corrected chi connectivity index (χ1v) is 6.51. The van der Waals surface area contributed by atoms with Crippen molar-refractivity contribution in [1.82, 2.24) is 15.3 Å². The van der Waals surface area contributed by atoms with Crippen LogP contribution in [-0.4, -0.2) is 27.0 Å². The zero-order chi connectivity index (χ0) is 15.4. The lowest BCUT2D eigenvalue weighted by Gasteiger charge is -2.06. The van der Waals surface area contributed by atoms with Gasteiger partial charge < -0.3 is 10.4 Å². The van der Waals surface area contributed by atoms with Crippen LogP contribution in [0.3, 0.4) is 0 Å².